The second kappa shape index (κ2) is 6.19. The van der Waals surface area contributed by atoms with E-state index in [4.69, 9.17) is 0 Å². The highest BCUT2D eigenvalue weighted by Gasteiger charge is 2.30. The number of thiazole rings is 1. The lowest BCUT2D eigenvalue weighted by Crippen LogP contribution is -2.42. The Morgan fingerprint density at radius 3 is 2.33 bits per heavy atom. The summed E-state index contributed by atoms with van der Waals surface area (Å²) in [7, 11) is -4.24. The molecule has 10 heteroatoms. The number of hydrogen-bond acceptors (Lipinski definition) is 4. The van der Waals surface area contributed by atoms with E-state index in [9.17, 15) is 21.6 Å². The lowest BCUT2D eigenvalue weighted by Gasteiger charge is -2.16. The highest BCUT2D eigenvalue weighted by Crippen LogP contribution is 2.26. The van der Waals surface area contributed by atoms with Gasteiger partial charge in [0.25, 0.3) is 10.2 Å². The SMILES string of the molecule is C[C@H](NS(=O)(=O)NCC(F)(F)F)c1nc(C(C)(C)C)cs1. The van der Waals surface area contributed by atoms with Crippen LogP contribution in [-0.2, 0) is 15.6 Å². The molecule has 0 spiro atoms. The first-order chi connectivity index (χ1) is 9.30. The van der Waals surface area contributed by atoms with E-state index >= 15 is 0 Å². The fourth-order valence-electron chi connectivity index (χ4n) is 1.33. The van der Waals surface area contributed by atoms with Crippen molar-refractivity contribution in [3.8, 4) is 0 Å². The zero-order chi connectivity index (χ0) is 16.5. The molecule has 0 saturated heterocycles. The Balaban J connectivity index is 2.72. The third-order valence-electron chi connectivity index (χ3n) is 2.46. The van der Waals surface area contributed by atoms with Gasteiger partial charge in [-0.15, -0.1) is 11.3 Å². The van der Waals surface area contributed by atoms with E-state index in [0.717, 1.165) is 5.69 Å². The Hall–Kier alpha value is -0.710. The molecule has 122 valence electrons. The molecule has 1 aromatic heterocycles. The summed E-state index contributed by atoms with van der Waals surface area (Å²) >= 11 is 1.26. The maximum Gasteiger partial charge on any atom is 0.402 e. The fraction of sp³-hybridized carbons (Fsp3) is 0.727. The first-order valence-corrected chi connectivity index (χ1v) is 8.46. The summed E-state index contributed by atoms with van der Waals surface area (Å²) in [6.45, 7) is 5.81. The molecule has 0 fully saturated rings. The molecule has 0 aliphatic heterocycles. The molecule has 0 radical (unpaired) electrons. The molecule has 0 unspecified atom stereocenters. The summed E-state index contributed by atoms with van der Waals surface area (Å²) in [6, 6.07) is -0.711. The Morgan fingerprint density at radius 1 is 1.33 bits per heavy atom. The Morgan fingerprint density at radius 2 is 1.90 bits per heavy atom. The number of nitrogens with one attached hydrogen (secondary N) is 2. The smallest absolute Gasteiger partial charge is 0.244 e. The molecular formula is C11H18F3N3O2S2. The molecule has 0 saturated carbocycles. The second-order valence-corrected chi connectivity index (χ2v) is 8.02. The van der Waals surface area contributed by atoms with Crippen molar-refractivity contribution in [1.82, 2.24) is 14.4 Å². The van der Waals surface area contributed by atoms with Crippen LogP contribution in [0.1, 0.15) is 44.4 Å². The standard InChI is InChI=1S/C11H18F3N3O2S2/c1-7(9-16-8(5-20-9)10(2,3)4)17-21(18,19)15-6-11(12,13)14/h5,7,15,17H,6H2,1-4H3/t7-/m0/s1. The molecule has 0 aromatic carbocycles. The molecular weight excluding hydrogens is 327 g/mol. The molecule has 0 aliphatic carbocycles. The third kappa shape index (κ3) is 6.29. The van der Waals surface area contributed by atoms with Crippen molar-refractivity contribution in [3.05, 3.63) is 16.1 Å². The van der Waals surface area contributed by atoms with Gasteiger partial charge in [-0.25, -0.2) is 4.98 Å². The largest absolute Gasteiger partial charge is 0.402 e. The van der Waals surface area contributed by atoms with E-state index in [2.05, 4.69) is 9.71 Å². The summed E-state index contributed by atoms with van der Waals surface area (Å²) in [4.78, 5) is 4.32. The van der Waals surface area contributed by atoms with E-state index in [1.165, 1.54) is 23.0 Å². The molecule has 0 amide bonds. The molecule has 5 nitrogen and oxygen atoms in total. The predicted molar refractivity (Wildman–Crippen MR) is 75.3 cm³/mol. The van der Waals surface area contributed by atoms with Crippen LogP contribution in [0, 0.1) is 0 Å². The van der Waals surface area contributed by atoms with Crippen LogP contribution in [-0.4, -0.2) is 26.1 Å². The maximum absolute atomic E-state index is 12.0. The average Bonchev–Trinajstić information content (AvgIpc) is 2.74. The Kier molecular flexibility index (Phi) is 5.40. The topological polar surface area (TPSA) is 71.1 Å². The lowest BCUT2D eigenvalue weighted by molar-refractivity contribution is -0.121. The molecule has 2 N–H and O–H groups in total. The number of nitrogens with zero attached hydrogens (tertiary/aromatic N) is 1. The van der Waals surface area contributed by atoms with Crippen LogP contribution in [0.5, 0.6) is 0 Å². The minimum Gasteiger partial charge on any atom is -0.244 e. The number of aromatic nitrogens is 1. The minimum absolute atomic E-state index is 0.179. The summed E-state index contributed by atoms with van der Waals surface area (Å²) < 4.78 is 62.7. The van der Waals surface area contributed by atoms with Gasteiger partial charge in [0.05, 0.1) is 11.7 Å². The van der Waals surface area contributed by atoms with Gasteiger partial charge in [-0.05, 0) is 6.92 Å². The molecule has 0 bridgehead atoms. The van der Waals surface area contributed by atoms with Crippen LogP contribution in [0.15, 0.2) is 5.38 Å². The fourth-order valence-corrected chi connectivity index (χ4v) is 3.47. The van der Waals surface area contributed by atoms with Crippen LogP contribution in [0.3, 0.4) is 0 Å². The van der Waals surface area contributed by atoms with Gasteiger partial charge in [-0.1, -0.05) is 20.8 Å². The molecule has 1 heterocycles. The highest BCUT2D eigenvalue weighted by molar-refractivity contribution is 7.87. The number of rotatable bonds is 5. The predicted octanol–water partition coefficient (Wildman–Crippen LogP) is 2.49. The first-order valence-electron chi connectivity index (χ1n) is 6.10. The normalized spacial score (nSPS) is 15.2. The lowest BCUT2D eigenvalue weighted by atomic mass is 9.93. The maximum atomic E-state index is 12.0. The van der Waals surface area contributed by atoms with E-state index in [-0.39, 0.29) is 5.41 Å². The van der Waals surface area contributed by atoms with Crippen molar-refractivity contribution in [1.29, 1.82) is 0 Å². The molecule has 21 heavy (non-hydrogen) atoms. The van der Waals surface area contributed by atoms with E-state index < -0.39 is 29.0 Å². The Labute approximate surface area is 126 Å². The van der Waals surface area contributed by atoms with Crippen molar-refractivity contribution >= 4 is 21.5 Å². The van der Waals surface area contributed by atoms with Gasteiger partial charge in [0.1, 0.15) is 11.6 Å². The highest BCUT2D eigenvalue weighted by atomic mass is 32.2. The van der Waals surface area contributed by atoms with Crippen LogP contribution < -0.4 is 9.44 Å². The third-order valence-corrected chi connectivity index (χ3v) is 4.67. The summed E-state index contributed by atoms with van der Waals surface area (Å²) in [5.74, 6) is 0. The quantitative estimate of drug-likeness (QED) is 0.861. The van der Waals surface area contributed by atoms with E-state index in [1.54, 1.807) is 0 Å². The van der Waals surface area contributed by atoms with Crippen molar-refractivity contribution in [3.63, 3.8) is 0 Å². The van der Waals surface area contributed by atoms with Crippen LogP contribution >= 0.6 is 11.3 Å². The number of alkyl halides is 3. The molecule has 0 aliphatic rings. The second-order valence-electron chi connectivity index (χ2n) is 5.60. The molecule has 1 atom stereocenters. The van der Waals surface area contributed by atoms with Gasteiger partial charge in [-0.2, -0.15) is 31.0 Å². The summed E-state index contributed by atoms with van der Waals surface area (Å²) in [6.07, 6.45) is -4.60. The van der Waals surface area contributed by atoms with Gasteiger partial charge in [0, 0.05) is 10.8 Å². The van der Waals surface area contributed by atoms with Gasteiger partial charge < -0.3 is 0 Å². The average molecular weight is 345 g/mol. The van der Waals surface area contributed by atoms with E-state index in [1.807, 2.05) is 26.2 Å². The minimum atomic E-state index is -4.60. The monoisotopic (exact) mass is 345 g/mol. The van der Waals surface area contributed by atoms with Gasteiger partial charge in [0.15, 0.2) is 0 Å². The number of halogens is 3. The zero-order valence-electron chi connectivity index (χ0n) is 12.1. The van der Waals surface area contributed by atoms with Crippen LogP contribution in [0.4, 0.5) is 13.2 Å². The number of hydrogen-bond donors (Lipinski definition) is 2. The zero-order valence-corrected chi connectivity index (χ0v) is 13.7. The van der Waals surface area contributed by atoms with Gasteiger partial charge >= 0.3 is 6.18 Å². The van der Waals surface area contributed by atoms with Crippen LogP contribution in [0.2, 0.25) is 0 Å². The van der Waals surface area contributed by atoms with Crippen molar-refractivity contribution in [2.24, 2.45) is 0 Å². The van der Waals surface area contributed by atoms with Crippen molar-refractivity contribution < 1.29 is 21.6 Å². The Bertz CT molecular complexity index is 576. The molecule has 1 aromatic rings. The first kappa shape index (κ1) is 18.3. The van der Waals surface area contributed by atoms with Gasteiger partial charge in [0.2, 0.25) is 0 Å². The van der Waals surface area contributed by atoms with Crippen LogP contribution in [0.25, 0.3) is 0 Å². The van der Waals surface area contributed by atoms with Gasteiger partial charge in [-0.3, -0.25) is 0 Å². The summed E-state index contributed by atoms with van der Waals surface area (Å²) in [5.41, 5.74) is 0.624. The molecule has 1 rings (SSSR count). The van der Waals surface area contributed by atoms with Crippen molar-refractivity contribution in [2.45, 2.75) is 45.3 Å². The van der Waals surface area contributed by atoms with E-state index in [0.29, 0.717) is 5.01 Å². The summed E-state index contributed by atoms with van der Waals surface area (Å²) in [5, 5.41) is 2.31. The van der Waals surface area contributed by atoms with Crippen molar-refractivity contribution in [2.75, 3.05) is 6.54 Å².